The lowest BCUT2D eigenvalue weighted by atomic mass is 9.80. The first kappa shape index (κ1) is 30.6. The van der Waals surface area contributed by atoms with Crippen LogP contribution in [0.15, 0.2) is 72.8 Å². The van der Waals surface area contributed by atoms with Gasteiger partial charge in [0.2, 0.25) is 0 Å². The van der Waals surface area contributed by atoms with Crippen molar-refractivity contribution in [1.82, 2.24) is 5.32 Å². The van der Waals surface area contributed by atoms with Crippen molar-refractivity contribution in [2.75, 3.05) is 6.54 Å². The van der Waals surface area contributed by atoms with E-state index in [1.54, 1.807) is 12.1 Å². The predicted molar refractivity (Wildman–Crippen MR) is 147 cm³/mol. The van der Waals surface area contributed by atoms with Gasteiger partial charge < -0.3 is 25.6 Å². The van der Waals surface area contributed by atoms with Gasteiger partial charge in [-0.15, -0.1) is 13.2 Å². The van der Waals surface area contributed by atoms with E-state index in [4.69, 9.17) is 15.6 Å². The molecule has 42 heavy (non-hydrogen) atoms. The summed E-state index contributed by atoms with van der Waals surface area (Å²) < 4.78 is 47.6. The lowest BCUT2D eigenvalue weighted by Crippen LogP contribution is -2.48. The van der Waals surface area contributed by atoms with Crippen molar-refractivity contribution in [3.63, 3.8) is 0 Å². The molecule has 0 bridgehead atoms. The van der Waals surface area contributed by atoms with Crippen molar-refractivity contribution in [1.29, 1.82) is 0 Å². The Balaban J connectivity index is 1.64. The Morgan fingerprint density at radius 3 is 2.07 bits per heavy atom. The van der Waals surface area contributed by atoms with Crippen LogP contribution in [0.4, 0.5) is 13.2 Å². The monoisotopic (exact) mass is 584 g/mol. The van der Waals surface area contributed by atoms with Crippen molar-refractivity contribution in [3.05, 3.63) is 95.1 Å². The molecule has 1 atom stereocenters. The maximum atomic E-state index is 13.7. The van der Waals surface area contributed by atoms with Gasteiger partial charge in [-0.05, 0) is 59.7 Å². The third-order valence-electron chi connectivity index (χ3n) is 7.24. The molecule has 0 saturated heterocycles. The summed E-state index contributed by atoms with van der Waals surface area (Å²) in [6.45, 7) is -0.0620. The molecule has 1 aliphatic rings. The van der Waals surface area contributed by atoms with Gasteiger partial charge in [-0.3, -0.25) is 9.59 Å². The molecule has 8 nitrogen and oxygen atoms in total. The zero-order valence-corrected chi connectivity index (χ0v) is 22.7. The van der Waals surface area contributed by atoms with Gasteiger partial charge in [0.15, 0.2) is 5.54 Å². The topological polar surface area (TPSA) is 128 Å². The number of amides is 1. The average Bonchev–Trinajstić information content (AvgIpc) is 2.96. The van der Waals surface area contributed by atoms with Crippen molar-refractivity contribution < 1.29 is 42.1 Å². The molecule has 0 aliphatic heterocycles. The highest BCUT2D eigenvalue weighted by molar-refractivity contribution is 5.95. The molecule has 0 aromatic heterocycles. The van der Waals surface area contributed by atoms with Crippen molar-refractivity contribution in [2.24, 2.45) is 5.73 Å². The summed E-state index contributed by atoms with van der Waals surface area (Å²) in [6.07, 6.45) is 0.466. The van der Waals surface area contributed by atoms with Gasteiger partial charge in [-0.2, -0.15) is 0 Å². The number of rotatable bonds is 10. The quantitative estimate of drug-likeness (QED) is 0.208. The average molecular weight is 585 g/mol. The van der Waals surface area contributed by atoms with Gasteiger partial charge in [-0.25, -0.2) is 4.79 Å². The van der Waals surface area contributed by atoms with E-state index in [1.165, 1.54) is 42.8 Å². The molecule has 0 heterocycles. The van der Waals surface area contributed by atoms with Crippen molar-refractivity contribution >= 4 is 17.8 Å². The van der Waals surface area contributed by atoms with Crippen LogP contribution < -0.4 is 20.5 Å². The summed E-state index contributed by atoms with van der Waals surface area (Å²) in [7, 11) is 0. The Labute approximate surface area is 240 Å². The molecule has 0 radical (unpaired) electrons. The Bertz CT molecular complexity index is 1400. The largest absolute Gasteiger partial charge is 0.573 e. The molecule has 1 aliphatic carbocycles. The number of hydrogen-bond acceptors (Lipinski definition) is 6. The highest BCUT2D eigenvalue weighted by Gasteiger charge is 2.41. The normalized spacial score (nSPS) is 15.3. The highest BCUT2D eigenvalue weighted by atomic mass is 19.4. The molecular formula is C31H31F3N2O6. The predicted octanol–water partition coefficient (Wildman–Crippen LogP) is 5.65. The molecule has 1 fully saturated rings. The number of aliphatic carboxylic acids is 1. The molecule has 0 spiro atoms. The summed E-state index contributed by atoms with van der Waals surface area (Å²) in [5, 5.41) is 11.3. The maximum absolute atomic E-state index is 13.7. The molecular weight excluding hydrogens is 553 g/mol. The van der Waals surface area contributed by atoms with E-state index < -0.39 is 35.5 Å². The number of carbonyl (C=O) groups is 3. The van der Waals surface area contributed by atoms with E-state index >= 15 is 0 Å². The minimum absolute atomic E-state index is 0.0620. The van der Waals surface area contributed by atoms with Gasteiger partial charge in [0.05, 0.1) is 6.42 Å². The van der Waals surface area contributed by atoms with E-state index in [0.717, 1.165) is 43.4 Å². The fourth-order valence-corrected chi connectivity index (χ4v) is 5.05. The molecule has 4 rings (SSSR count). The Hall–Kier alpha value is -4.38. The second-order valence-electron chi connectivity index (χ2n) is 10.2. The number of carboxylic acid groups (broad SMARTS) is 1. The van der Waals surface area contributed by atoms with Gasteiger partial charge in [-0.1, -0.05) is 61.7 Å². The van der Waals surface area contributed by atoms with E-state index in [9.17, 15) is 27.6 Å². The maximum Gasteiger partial charge on any atom is 0.573 e. The summed E-state index contributed by atoms with van der Waals surface area (Å²) in [4.78, 5) is 36.9. The van der Waals surface area contributed by atoms with E-state index in [1.807, 2.05) is 12.1 Å². The highest BCUT2D eigenvalue weighted by Crippen LogP contribution is 2.36. The molecule has 222 valence electrons. The number of nitrogens with one attached hydrogen (secondary N) is 1. The van der Waals surface area contributed by atoms with Crippen LogP contribution in [0.3, 0.4) is 0 Å². The van der Waals surface area contributed by atoms with E-state index in [-0.39, 0.29) is 29.8 Å². The number of carboxylic acids is 1. The molecule has 0 unspecified atom stereocenters. The van der Waals surface area contributed by atoms with Gasteiger partial charge in [0, 0.05) is 18.2 Å². The fourth-order valence-electron chi connectivity index (χ4n) is 5.05. The van der Waals surface area contributed by atoms with Gasteiger partial charge >= 0.3 is 18.3 Å². The van der Waals surface area contributed by atoms with Crippen LogP contribution in [0.5, 0.6) is 11.5 Å². The van der Waals surface area contributed by atoms with Crippen LogP contribution in [-0.2, 0) is 15.1 Å². The number of benzene rings is 3. The standard InChI is InChI=1S/C31H31F3N2O6/c32-31(33,34)42-26-8-4-7-25(19-26)41-29(40)30(35,23-13-9-21(10-14-23)20-5-2-1-3-6-20)24-15-11-22(12-16-24)28(39)36-18-17-27(37)38/h4,7-16,19-20H,1-3,5-6,17-18,35H2,(H,36,39)(H,37,38)/t30-/m1/s1. The molecule has 1 amide bonds. The van der Waals surface area contributed by atoms with Crippen LogP contribution in [0, 0.1) is 0 Å². The third-order valence-corrected chi connectivity index (χ3v) is 7.24. The van der Waals surface area contributed by atoms with E-state index in [0.29, 0.717) is 11.5 Å². The lowest BCUT2D eigenvalue weighted by molar-refractivity contribution is -0.274. The number of halogens is 3. The second-order valence-corrected chi connectivity index (χ2v) is 10.2. The third kappa shape index (κ3) is 7.67. The molecule has 11 heteroatoms. The van der Waals surface area contributed by atoms with Crippen molar-refractivity contribution in [3.8, 4) is 11.5 Å². The zero-order valence-electron chi connectivity index (χ0n) is 22.7. The van der Waals surface area contributed by atoms with Gasteiger partial charge in [0.25, 0.3) is 5.91 Å². The Morgan fingerprint density at radius 1 is 0.881 bits per heavy atom. The SMILES string of the molecule is N[C@@](C(=O)Oc1cccc(OC(F)(F)F)c1)(c1ccc(C(=O)NCCC(=O)O)cc1)c1ccc(C2CCCCC2)cc1. The molecule has 1 saturated carbocycles. The number of carbonyl (C=O) groups excluding carboxylic acids is 2. The van der Waals surface area contributed by atoms with Crippen LogP contribution in [-0.4, -0.2) is 35.9 Å². The number of ether oxygens (including phenoxy) is 2. The zero-order chi connectivity index (χ0) is 30.3. The summed E-state index contributed by atoms with van der Waals surface area (Å²) >= 11 is 0. The lowest BCUT2D eigenvalue weighted by Gasteiger charge is -2.29. The second kappa shape index (κ2) is 13.1. The van der Waals surface area contributed by atoms with Crippen LogP contribution in [0.25, 0.3) is 0 Å². The summed E-state index contributed by atoms with van der Waals surface area (Å²) in [5.74, 6) is -2.89. The minimum Gasteiger partial charge on any atom is -0.481 e. The number of esters is 1. The molecule has 3 aromatic rings. The van der Waals surface area contributed by atoms with Crippen LogP contribution in [0.2, 0.25) is 0 Å². The first-order valence-corrected chi connectivity index (χ1v) is 13.5. The number of nitrogens with two attached hydrogens (primary N) is 1. The Morgan fingerprint density at radius 2 is 1.48 bits per heavy atom. The van der Waals surface area contributed by atoms with Crippen LogP contribution in [0.1, 0.15) is 71.5 Å². The Kier molecular flexibility index (Phi) is 9.52. The minimum atomic E-state index is -4.93. The van der Waals surface area contributed by atoms with Crippen molar-refractivity contribution in [2.45, 2.75) is 56.3 Å². The fraction of sp³-hybridized carbons (Fsp3) is 0.323. The first-order valence-electron chi connectivity index (χ1n) is 13.5. The number of alkyl halides is 3. The summed E-state index contributed by atoms with van der Waals surface area (Å²) in [6, 6.07) is 17.7. The van der Waals surface area contributed by atoms with E-state index in [2.05, 4.69) is 10.1 Å². The smallest absolute Gasteiger partial charge is 0.481 e. The molecule has 3 aromatic carbocycles. The number of hydrogen-bond donors (Lipinski definition) is 3. The summed E-state index contributed by atoms with van der Waals surface area (Å²) in [5.41, 5.74) is 6.88. The van der Waals surface area contributed by atoms with Gasteiger partial charge in [0.1, 0.15) is 11.5 Å². The first-order chi connectivity index (χ1) is 20.0. The molecule has 4 N–H and O–H groups in total. The van der Waals surface area contributed by atoms with Crippen LogP contribution >= 0.6 is 0 Å².